The highest BCUT2D eigenvalue weighted by Gasteiger charge is 2.16. The van der Waals surface area contributed by atoms with Crippen molar-refractivity contribution in [2.75, 3.05) is 5.88 Å². The fraction of sp³-hybridized carbons (Fsp3) is 0.250. The highest BCUT2D eigenvalue weighted by atomic mass is 79.9. The van der Waals surface area contributed by atoms with Gasteiger partial charge in [-0.1, -0.05) is 12.1 Å². The van der Waals surface area contributed by atoms with Crippen LogP contribution in [0, 0.1) is 13.8 Å². The first-order chi connectivity index (χ1) is 10.1. The Labute approximate surface area is 137 Å². The van der Waals surface area contributed by atoms with Crippen LogP contribution in [0.4, 0.5) is 0 Å². The predicted molar refractivity (Wildman–Crippen MR) is 90.5 cm³/mol. The summed E-state index contributed by atoms with van der Waals surface area (Å²) in [4.78, 5) is 9.35. The molecule has 0 saturated carbocycles. The van der Waals surface area contributed by atoms with Crippen molar-refractivity contribution < 1.29 is 0 Å². The van der Waals surface area contributed by atoms with Gasteiger partial charge in [0.15, 0.2) is 5.65 Å². The quantitative estimate of drug-likeness (QED) is 0.637. The van der Waals surface area contributed by atoms with Crippen LogP contribution in [0.1, 0.15) is 17.1 Å². The Morgan fingerprint density at radius 3 is 2.71 bits per heavy atom. The van der Waals surface area contributed by atoms with Gasteiger partial charge in [0.25, 0.3) is 0 Å². The lowest BCUT2D eigenvalue weighted by Crippen LogP contribution is -2.04. The zero-order valence-electron chi connectivity index (χ0n) is 11.9. The van der Waals surface area contributed by atoms with Crippen molar-refractivity contribution in [1.82, 2.24) is 14.5 Å². The van der Waals surface area contributed by atoms with Crippen molar-refractivity contribution in [3.05, 3.63) is 51.9 Å². The van der Waals surface area contributed by atoms with Gasteiger partial charge in [-0.25, -0.2) is 9.97 Å². The van der Waals surface area contributed by atoms with E-state index in [0.29, 0.717) is 12.3 Å². The third kappa shape index (κ3) is 2.58. The van der Waals surface area contributed by atoms with Crippen LogP contribution in [-0.2, 0) is 6.42 Å². The van der Waals surface area contributed by atoms with Crippen LogP contribution >= 0.6 is 27.5 Å². The number of nitrogens with zero attached hydrogens (tertiary/aromatic N) is 3. The number of aromatic nitrogens is 3. The monoisotopic (exact) mass is 363 g/mol. The predicted octanol–water partition coefficient (Wildman–Crippen LogP) is 4.58. The minimum atomic E-state index is 0.533. The zero-order chi connectivity index (χ0) is 15.0. The van der Waals surface area contributed by atoms with Crippen molar-refractivity contribution >= 4 is 38.7 Å². The molecule has 0 fully saturated rings. The molecule has 1 aromatic carbocycles. The van der Waals surface area contributed by atoms with Crippen LogP contribution in [0.5, 0.6) is 0 Å². The first kappa shape index (κ1) is 14.5. The smallest absolute Gasteiger partial charge is 0.164 e. The van der Waals surface area contributed by atoms with E-state index < -0.39 is 0 Å². The lowest BCUT2D eigenvalue weighted by molar-refractivity contribution is 0.900. The molecule has 3 aromatic rings. The molecule has 0 aliphatic carbocycles. The van der Waals surface area contributed by atoms with Gasteiger partial charge in [0.2, 0.25) is 0 Å². The van der Waals surface area contributed by atoms with Gasteiger partial charge in [-0.3, -0.25) is 4.57 Å². The molecule has 5 heteroatoms. The fourth-order valence-corrected chi connectivity index (χ4v) is 3.02. The summed E-state index contributed by atoms with van der Waals surface area (Å²) >= 11 is 9.62. The van der Waals surface area contributed by atoms with Crippen LogP contribution in [0.15, 0.2) is 34.8 Å². The Morgan fingerprint density at radius 1 is 1.14 bits per heavy atom. The van der Waals surface area contributed by atoms with E-state index in [2.05, 4.69) is 49.5 Å². The summed E-state index contributed by atoms with van der Waals surface area (Å²) in [6.07, 6.45) is 0.706. The summed E-state index contributed by atoms with van der Waals surface area (Å²) in [5, 5.41) is 0. The van der Waals surface area contributed by atoms with Gasteiger partial charge in [0, 0.05) is 22.5 Å². The molecule has 3 nitrogen and oxygen atoms in total. The van der Waals surface area contributed by atoms with Gasteiger partial charge in [-0.2, -0.15) is 0 Å². The Bertz CT molecular complexity index is 811. The molecule has 0 saturated heterocycles. The highest BCUT2D eigenvalue weighted by molar-refractivity contribution is 9.10. The molecule has 0 bridgehead atoms. The molecule has 2 aromatic heterocycles. The number of benzene rings is 1. The number of hydrogen-bond acceptors (Lipinski definition) is 2. The number of alkyl halides is 1. The van der Waals surface area contributed by atoms with Crippen LogP contribution in [0.2, 0.25) is 0 Å². The maximum Gasteiger partial charge on any atom is 0.164 e. The Hall–Kier alpha value is -1.39. The standard InChI is InChI=1S/C16H15BrClN3/c1-10-4-3-5-13(15(10)17)21-14(8-9-18)20-12-7-6-11(2)19-16(12)21/h3-7H,8-9H2,1-2H3. The fourth-order valence-electron chi connectivity index (χ4n) is 2.41. The number of rotatable bonds is 3. The van der Waals surface area contributed by atoms with Crippen molar-refractivity contribution in [1.29, 1.82) is 0 Å². The topological polar surface area (TPSA) is 30.7 Å². The van der Waals surface area contributed by atoms with E-state index in [0.717, 1.165) is 32.8 Å². The van der Waals surface area contributed by atoms with E-state index in [4.69, 9.17) is 11.6 Å². The van der Waals surface area contributed by atoms with E-state index in [1.165, 1.54) is 5.56 Å². The number of pyridine rings is 1. The molecular weight excluding hydrogens is 350 g/mol. The second-order valence-electron chi connectivity index (χ2n) is 5.01. The van der Waals surface area contributed by atoms with Crippen molar-refractivity contribution in [3.63, 3.8) is 0 Å². The average molecular weight is 365 g/mol. The average Bonchev–Trinajstić information content (AvgIpc) is 2.80. The maximum atomic E-state index is 5.94. The number of hydrogen-bond donors (Lipinski definition) is 0. The Balaban J connectivity index is 2.35. The third-order valence-electron chi connectivity index (χ3n) is 3.44. The summed E-state index contributed by atoms with van der Waals surface area (Å²) in [5.41, 5.74) is 4.98. The van der Waals surface area contributed by atoms with Crippen LogP contribution < -0.4 is 0 Å². The zero-order valence-corrected chi connectivity index (χ0v) is 14.2. The molecule has 0 aliphatic heterocycles. The van der Waals surface area contributed by atoms with Crippen LogP contribution in [0.25, 0.3) is 16.9 Å². The van der Waals surface area contributed by atoms with Gasteiger partial charge in [0.1, 0.15) is 11.3 Å². The molecule has 0 radical (unpaired) electrons. The van der Waals surface area contributed by atoms with E-state index in [1.807, 2.05) is 25.1 Å². The minimum absolute atomic E-state index is 0.533. The highest BCUT2D eigenvalue weighted by Crippen LogP contribution is 2.29. The summed E-state index contributed by atoms with van der Waals surface area (Å²) in [6.45, 7) is 4.07. The van der Waals surface area contributed by atoms with Crippen LogP contribution in [0.3, 0.4) is 0 Å². The molecule has 3 rings (SSSR count). The molecular formula is C16H15BrClN3. The van der Waals surface area contributed by atoms with Crippen LogP contribution in [-0.4, -0.2) is 20.4 Å². The summed E-state index contributed by atoms with van der Waals surface area (Å²) in [7, 11) is 0. The van der Waals surface area contributed by atoms with Crippen molar-refractivity contribution in [3.8, 4) is 5.69 Å². The minimum Gasteiger partial charge on any atom is -0.280 e. The van der Waals surface area contributed by atoms with Crippen molar-refractivity contribution in [2.24, 2.45) is 0 Å². The summed E-state index contributed by atoms with van der Waals surface area (Å²) in [6, 6.07) is 10.2. The first-order valence-electron chi connectivity index (χ1n) is 6.78. The van der Waals surface area contributed by atoms with Gasteiger partial charge in [-0.05, 0) is 53.5 Å². The number of halogens is 2. The molecule has 0 spiro atoms. The summed E-state index contributed by atoms with van der Waals surface area (Å²) < 4.78 is 3.16. The lowest BCUT2D eigenvalue weighted by Gasteiger charge is -2.12. The maximum absolute atomic E-state index is 5.94. The Morgan fingerprint density at radius 2 is 1.95 bits per heavy atom. The third-order valence-corrected chi connectivity index (χ3v) is 4.66. The van der Waals surface area contributed by atoms with Gasteiger partial charge in [0.05, 0.1) is 5.69 Å². The lowest BCUT2D eigenvalue weighted by atomic mass is 10.2. The van der Waals surface area contributed by atoms with Gasteiger partial charge >= 0.3 is 0 Å². The Kier molecular flexibility index (Phi) is 4.00. The van der Waals surface area contributed by atoms with E-state index in [9.17, 15) is 0 Å². The molecule has 0 aliphatic rings. The largest absolute Gasteiger partial charge is 0.280 e. The molecule has 21 heavy (non-hydrogen) atoms. The van der Waals surface area contributed by atoms with Crippen molar-refractivity contribution in [2.45, 2.75) is 20.3 Å². The molecule has 108 valence electrons. The van der Waals surface area contributed by atoms with E-state index >= 15 is 0 Å². The number of aryl methyl sites for hydroxylation is 3. The van der Waals surface area contributed by atoms with Gasteiger partial charge < -0.3 is 0 Å². The molecule has 0 atom stereocenters. The van der Waals surface area contributed by atoms with Gasteiger partial charge in [-0.15, -0.1) is 11.6 Å². The second-order valence-corrected chi connectivity index (χ2v) is 6.18. The number of fused-ring (bicyclic) bond motifs is 1. The SMILES string of the molecule is Cc1ccc2nc(CCCl)n(-c3cccc(C)c3Br)c2n1. The first-order valence-corrected chi connectivity index (χ1v) is 8.11. The molecule has 0 N–H and O–H groups in total. The molecule has 2 heterocycles. The molecule has 0 amide bonds. The van der Waals surface area contributed by atoms with E-state index in [1.54, 1.807) is 0 Å². The normalized spacial score (nSPS) is 11.2. The second kappa shape index (κ2) is 5.78. The van der Waals surface area contributed by atoms with E-state index in [-0.39, 0.29) is 0 Å². The molecule has 0 unspecified atom stereocenters. The summed E-state index contributed by atoms with van der Waals surface area (Å²) in [5.74, 6) is 1.47. The number of imidazole rings is 1.